The summed E-state index contributed by atoms with van der Waals surface area (Å²) in [5.41, 5.74) is 2.24. The Labute approximate surface area is 172 Å². The Morgan fingerprint density at radius 3 is 2.50 bits per heavy atom. The van der Waals surface area contributed by atoms with E-state index < -0.39 is 12.0 Å². The van der Waals surface area contributed by atoms with Gasteiger partial charge < -0.3 is 20.0 Å². The summed E-state index contributed by atoms with van der Waals surface area (Å²) in [6, 6.07) is 13.8. The largest absolute Gasteiger partial charge is 0.544 e. The lowest BCUT2D eigenvalue weighted by atomic mass is 10.2. The molecule has 0 aliphatic carbocycles. The van der Waals surface area contributed by atoms with Crippen LogP contribution in [-0.2, 0) is 11.4 Å². The lowest BCUT2D eigenvalue weighted by molar-refractivity contribution is -0.690. The smallest absolute Gasteiger partial charge is 0.159 e. The summed E-state index contributed by atoms with van der Waals surface area (Å²) in [5.74, 6) is 0.465. The number of carboxylic acids is 1. The number of halogens is 2. The summed E-state index contributed by atoms with van der Waals surface area (Å²) in [5, 5.41) is 13.0. The van der Waals surface area contributed by atoms with Crippen LogP contribution in [0.4, 0.5) is 0 Å². The van der Waals surface area contributed by atoms with E-state index in [1.54, 1.807) is 11.8 Å². The van der Waals surface area contributed by atoms with E-state index in [9.17, 15) is 9.90 Å². The fourth-order valence-corrected chi connectivity index (χ4v) is 5.91. The van der Waals surface area contributed by atoms with Crippen LogP contribution in [0.3, 0.4) is 0 Å². The molecule has 0 saturated carbocycles. The maximum Gasteiger partial charge on any atom is 0.159 e. The molecule has 24 heavy (non-hydrogen) atoms. The molecular formula is C17H15I2NO3S. The van der Waals surface area contributed by atoms with Crippen molar-refractivity contribution in [3.05, 3.63) is 60.7 Å². The van der Waals surface area contributed by atoms with Crippen molar-refractivity contribution in [3.8, 4) is 5.75 Å². The van der Waals surface area contributed by atoms with Gasteiger partial charge in [0.2, 0.25) is 0 Å². The topological polar surface area (TPSA) is 66.0 Å². The van der Waals surface area contributed by atoms with E-state index in [2.05, 4.69) is 57.3 Å². The first-order valence-electron chi connectivity index (χ1n) is 7.37. The number of hydrogen-bond donors (Lipinski definition) is 1. The second-order valence-electron chi connectivity index (χ2n) is 5.46. The molecule has 2 N–H and O–H groups in total. The molecule has 1 fully saturated rings. The van der Waals surface area contributed by atoms with Crippen molar-refractivity contribution >= 4 is 62.9 Å². The predicted octanol–water partition coefficient (Wildman–Crippen LogP) is 1.90. The number of carboxylic acid groups (broad SMARTS) is 1. The van der Waals surface area contributed by atoms with Crippen LogP contribution >= 0.6 is 56.9 Å². The van der Waals surface area contributed by atoms with Gasteiger partial charge in [-0.15, -0.1) is 0 Å². The second kappa shape index (κ2) is 8.24. The fourth-order valence-electron chi connectivity index (χ4n) is 2.49. The van der Waals surface area contributed by atoms with Crippen LogP contribution in [0.1, 0.15) is 16.5 Å². The van der Waals surface area contributed by atoms with Gasteiger partial charge in [0.15, 0.2) is 5.37 Å². The number of quaternary nitrogens is 1. The maximum atomic E-state index is 11.0. The van der Waals surface area contributed by atoms with Gasteiger partial charge in [0.25, 0.3) is 0 Å². The molecule has 4 nitrogen and oxygen atoms in total. The molecule has 1 saturated heterocycles. The molecule has 0 unspecified atom stereocenters. The summed E-state index contributed by atoms with van der Waals surface area (Å²) in [6.07, 6.45) is 0. The zero-order valence-electron chi connectivity index (χ0n) is 12.6. The first-order chi connectivity index (χ1) is 11.5. The molecule has 0 spiro atoms. The highest BCUT2D eigenvalue weighted by molar-refractivity contribution is 14.1. The average Bonchev–Trinajstić information content (AvgIpc) is 3.05. The normalized spacial score (nSPS) is 20.1. The Morgan fingerprint density at radius 2 is 1.92 bits per heavy atom. The minimum absolute atomic E-state index is 0.0955. The van der Waals surface area contributed by atoms with Crippen LogP contribution in [0.15, 0.2) is 42.5 Å². The molecule has 7 heteroatoms. The monoisotopic (exact) mass is 567 g/mol. The number of hydrogen-bond acceptors (Lipinski definition) is 4. The number of benzene rings is 2. The summed E-state index contributed by atoms with van der Waals surface area (Å²) >= 11 is 6.20. The van der Waals surface area contributed by atoms with Gasteiger partial charge in [-0.2, -0.15) is 0 Å². The van der Waals surface area contributed by atoms with Crippen LogP contribution in [0, 0.1) is 7.14 Å². The van der Waals surface area contributed by atoms with Crippen molar-refractivity contribution in [2.24, 2.45) is 0 Å². The number of ether oxygens (including phenoxy) is 1. The lowest BCUT2D eigenvalue weighted by Gasteiger charge is -2.15. The summed E-state index contributed by atoms with van der Waals surface area (Å²) in [4.78, 5) is 11.0. The number of rotatable bonds is 5. The summed E-state index contributed by atoms with van der Waals surface area (Å²) < 4.78 is 8.07. The van der Waals surface area contributed by atoms with E-state index in [0.29, 0.717) is 12.4 Å². The van der Waals surface area contributed by atoms with Gasteiger partial charge in [-0.1, -0.05) is 42.1 Å². The molecule has 0 bridgehead atoms. The maximum absolute atomic E-state index is 11.0. The van der Waals surface area contributed by atoms with Crippen molar-refractivity contribution in [1.82, 2.24) is 0 Å². The van der Waals surface area contributed by atoms with Crippen LogP contribution in [-0.4, -0.2) is 17.8 Å². The van der Waals surface area contributed by atoms with Crippen LogP contribution in [0.5, 0.6) is 5.75 Å². The molecule has 2 atom stereocenters. The Morgan fingerprint density at radius 1 is 1.25 bits per heavy atom. The van der Waals surface area contributed by atoms with Gasteiger partial charge in [-0.05, 0) is 62.9 Å². The van der Waals surface area contributed by atoms with Gasteiger partial charge in [-0.3, -0.25) is 0 Å². The molecule has 0 amide bonds. The van der Waals surface area contributed by atoms with Crippen LogP contribution in [0.25, 0.3) is 0 Å². The molecule has 1 aliphatic heterocycles. The second-order valence-corrected chi connectivity index (χ2v) is 8.96. The first-order valence-corrected chi connectivity index (χ1v) is 10.6. The Bertz CT molecular complexity index is 719. The summed E-state index contributed by atoms with van der Waals surface area (Å²) in [6.45, 7) is 0.531. The van der Waals surface area contributed by atoms with E-state index >= 15 is 0 Å². The Balaban J connectivity index is 1.73. The van der Waals surface area contributed by atoms with E-state index in [1.165, 1.54) is 0 Å². The van der Waals surface area contributed by atoms with Crippen molar-refractivity contribution in [3.63, 3.8) is 0 Å². The molecule has 1 heterocycles. The van der Waals surface area contributed by atoms with Crippen molar-refractivity contribution in [2.45, 2.75) is 18.0 Å². The van der Waals surface area contributed by atoms with Crippen LogP contribution < -0.4 is 15.2 Å². The minimum atomic E-state index is -0.989. The molecule has 0 aromatic heterocycles. The SMILES string of the molecule is O=C([O-])[C@@H]1CS[C@H](c2cc(I)c(OCc3ccccc3)c(I)c2)[NH2+]1. The average molecular weight is 567 g/mol. The standard InChI is InChI=1S/C17H15I2NO3S/c18-12-6-11(16-20-14(9-24-16)17(21)22)7-13(19)15(12)23-8-10-4-2-1-3-5-10/h1-7,14,16,20H,8-9H2,(H,21,22)/t14-,16+/m0/s1. The van der Waals surface area contributed by atoms with Gasteiger partial charge in [0.05, 0.1) is 12.9 Å². The molecule has 1 aliphatic rings. The number of aliphatic carboxylic acids is 1. The highest BCUT2D eigenvalue weighted by Gasteiger charge is 2.31. The molecular weight excluding hydrogens is 552 g/mol. The third kappa shape index (κ3) is 4.36. The van der Waals surface area contributed by atoms with E-state index in [1.807, 2.05) is 35.6 Å². The third-order valence-electron chi connectivity index (χ3n) is 3.74. The fraction of sp³-hybridized carbons (Fsp3) is 0.235. The van der Waals surface area contributed by atoms with Gasteiger partial charge in [-0.25, -0.2) is 0 Å². The number of carbonyl (C=O) groups excluding carboxylic acids is 1. The number of nitrogens with two attached hydrogens (primary N) is 1. The zero-order chi connectivity index (χ0) is 17.1. The van der Waals surface area contributed by atoms with Gasteiger partial charge in [0.1, 0.15) is 24.4 Å². The highest BCUT2D eigenvalue weighted by Crippen LogP contribution is 2.35. The Kier molecular flexibility index (Phi) is 6.27. The van der Waals surface area contributed by atoms with Gasteiger partial charge >= 0.3 is 0 Å². The Hall–Kier alpha value is -0.520. The molecule has 2 aromatic rings. The molecule has 3 rings (SSSR count). The molecule has 2 aromatic carbocycles. The van der Waals surface area contributed by atoms with E-state index in [4.69, 9.17) is 4.74 Å². The highest BCUT2D eigenvalue weighted by atomic mass is 127. The minimum Gasteiger partial charge on any atom is -0.544 e. The van der Waals surface area contributed by atoms with Gasteiger partial charge in [0, 0.05) is 5.56 Å². The lowest BCUT2D eigenvalue weighted by Crippen LogP contribution is -2.90. The van der Waals surface area contributed by atoms with E-state index in [-0.39, 0.29) is 5.37 Å². The first kappa shape index (κ1) is 18.3. The summed E-state index contributed by atoms with van der Waals surface area (Å²) in [7, 11) is 0. The van der Waals surface area contributed by atoms with Crippen molar-refractivity contribution < 1.29 is 20.0 Å². The zero-order valence-corrected chi connectivity index (χ0v) is 17.7. The number of carbonyl (C=O) groups is 1. The molecule has 126 valence electrons. The third-order valence-corrected chi connectivity index (χ3v) is 6.68. The quantitative estimate of drug-likeness (QED) is 0.562. The predicted molar refractivity (Wildman–Crippen MR) is 109 cm³/mol. The van der Waals surface area contributed by atoms with Crippen molar-refractivity contribution in [2.75, 3.05) is 5.75 Å². The number of thioether (sulfide) groups is 1. The van der Waals surface area contributed by atoms with Crippen molar-refractivity contribution in [1.29, 1.82) is 0 Å². The van der Waals surface area contributed by atoms with E-state index in [0.717, 1.165) is 24.0 Å². The molecule has 0 radical (unpaired) electrons. The van der Waals surface area contributed by atoms with Crippen LogP contribution in [0.2, 0.25) is 0 Å².